The fourth-order valence-corrected chi connectivity index (χ4v) is 3.23. The van der Waals surface area contributed by atoms with Gasteiger partial charge in [-0.2, -0.15) is 0 Å². The third-order valence-electron chi connectivity index (χ3n) is 5.23. The first kappa shape index (κ1) is 18.0. The fraction of sp³-hybridized carbons (Fsp3) is 0.556. The van der Waals surface area contributed by atoms with E-state index in [-0.39, 0.29) is 18.7 Å². The summed E-state index contributed by atoms with van der Waals surface area (Å²) < 4.78 is 7.45. The monoisotopic (exact) mass is 345 g/mol. The van der Waals surface area contributed by atoms with Crippen LogP contribution in [0.15, 0.2) is 36.7 Å². The zero-order chi connectivity index (χ0) is 17.9. The number of aromatic nitrogens is 3. The van der Waals surface area contributed by atoms with Crippen LogP contribution in [0.2, 0.25) is 0 Å². The van der Waals surface area contributed by atoms with Crippen LogP contribution >= 0.6 is 0 Å². The van der Waals surface area contributed by atoms with Crippen molar-refractivity contribution < 1.29 is 9.84 Å². The molecule has 1 aromatic heterocycles. The molecule has 0 amide bonds. The first-order valence-corrected chi connectivity index (χ1v) is 8.67. The van der Waals surface area contributed by atoms with Gasteiger partial charge in [0.1, 0.15) is 0 Å². The lowest BCUT2D eigenvalue weighted by molar-refractivity contribution is -0.106. The zero-order valence-corrected chi connectivity index (χ0v) is 15.1. The maximum absolute atomic E-state index is 10.0. The highest BCUT2D eigenvalue weighted by Crippen LogP contribution is 2.23. The smallest absolute Gasteiger partial charge is 0.0802 e. The van der Waals surface area contributed by atoms with E-state index in [0.29, 0.717) is 19.8 Å². The Morgan fingerprint density at radius 3 is 3.04 bits per heavy atom. The van der Waals surface area contributed by atoms with Crippen LogP contribution in [0.4, 0.5) is 0 Å². The lowest BCUT2D eigenvalue weighted by Crippen LogP contribution is -2.65. The number of hydrogen-bond donors (Lipinski definition) is 2. The Bertz CT molecular complexity index is 678. The van der Waals surface area contributed by atoms with Crippen molar-refractivity contribution in [2.75, 3.05) is 33.4 Å². The standard InChI is InChI=1S/C18H27N5O2/c1-14-10-25-13-18(12-24,22(14)3)11-19-15(2)16-5-4-6-17(9-16)23-8-7-20-21-23/h4-9,14-15,19,24H,10-13H2,1-3H3/t14-,15?,18+/m1/s1. The van der Waals surface area contributed by atoms with Crippen LogP contribution in [0.3, 0.4) is 0 Å². The van der Waals surface area contributed by atoms with E-state index in [1.165, 1.54) is 0 Å². The summed E-state index contributed by atoms with van der Waals surface area (Å²) in [6.07, 6.45) is 3.49. The molecule has 1 fully saturated rings. The normalized spacial score (nSPS) is 25.8. The summed E-state index contributed by atoms with van der Waals surface area (Å²) in [4.78, 5) is 2.22. The average Bonchev–Trinajstić information content (AvgIpc) is 3.18. The maximum Gasteiger partial charge on any atom is 0.0802 e. The fourth-order valence-electron chi connectivity index (χ4n) is 3.23. The number of aliphatic hydroxyl groups is 1. The summed E-state index contributed by atoms with van der Waals surface area (Å²) in [5, 5.41) is 21.5. The third-order valence-corrected chi connectivity index (χ3v) is 5.23. The average molecular weight is 345 g/mol. The number of rotatable bonds is 6. The predicted octanol–water partition coefficient (Wildman–Crippen LogP) is 0.999. The molecule has 1 aliphatic rings. The summed E-state index contributed by atoms with van der Waals surface area (Å²) in [6, 6.07) is 8.63. The molecular formula is C18H27N5O2. The minimum Gasteiger partial charge on any atom is -0.394 e. The van der Waals surface area contributed by atoms with Crippen molar-refractivity contribution in [2.24, 2.45) is 0 Å². The number of aliphatic hydroxyl groups excluding tert-OH is 1. The Kier molecular flexibility index (Phi) is 5.48. The molecule has 2 heterocycles. The van der Waals surface area contributed by atoms with Gasteiger partial charge in [-0.15, -0.1) is 5.10 Å². The van der Waals surface area contributed by atoms with Crippen molar-refractivity contribution >= 4 is 0 Å². The molecule has 2 aromatic rings. The topological polar surface area (TPSA) is 75.4 Å². The highest BCUT2D eigenvalue weighted by atomic mass is 16.5. The molecule has 136 valence electrons. The lowest BCUT2D eigenvalue weighted by atomic mass is 9.95. The Morgan fingerprint density at radius 2 is 2.32 bits per heavy atom. The number of benzene rings is 1. The number of likely N-dealkylation sites (N-methyl/N-ethyl adjacent to an activating group) is 1. The Morgan fingerprint density at radius 1 is 1.48 bits per heavy atom. The van der Waals surface area contributed by atoms with Crippen LogP contribution in [-0.2, 0) is 4.74 Å². The third kappa shape index (κ3) is 3.74. The van der Waals surface area contributed by atoms with Crippen LogP contribution in [0.5, 0.6) is 0 Å². The summed E-state index contributed by atoms with van der Waals surface area (Å²) in [6.45, 7) is 6.19. The van der Waals surface area contributed by atoms with E-state index in [2.05, 4.69) is 53.6 Å². The van der Waals surface area contributed by atoms with E-state index in [1.807, 2.05) is 18.3 Å². The van der Waals surface area contributed by atoms with Crippen LogP contribution in [0, 0.1) is 0 Å². The van der Waals surface area contributed by atoms with E-state index >= 15 is 0 Å². The first-order chi connectivity index (χ1) is 12.1. The predicted molar refractivity (Wildman–Crippen MR) is 95.6 cm³/mol. The molecule has 1 aliphatic heterocycles. The number of morpholine rings is 1. The molecule has 0 aliphatic carbocycles. The zero-order valence-electron chi connectivity index (χ0n) is 15.1. The summed E-state index contributed by atoms with van der Waals surface area (Å²) in [7, 11) is 2.06. The van der Waals surface area contributed by atoms with Gasteiger partial charge in [0.05, 0.1) is 43.4 Å². The van der Waals surface area contributed by atoms with Crippen LogP contribution < -0.4 is 5.32 Å². The first-order valence-electron chi connectivity index (χ1n) is 8.67. The van der Waals surface area contributed by atoms with E-state index in [4.69, 9.17) is 4.74 Å². The number of hydrogen-bond acceptors (Lipinski definition) is 6. The maximum atomic E-state index is 10.0. The van der Waals surface area contributed by atoms with Crippen LogP contribution in [-0.4, -0.2) is 70.0 Å². The van der Waals surface area contributed by atoms with E-state index in [1.54, 1.807) is 10.9 Å². The van der Waals surface area contributed by atoms with Gasteiger partial charge in [-0.25, -0.2) is 4.68 Å². The van der Waals surface area contributed by atoms with Crippen molar-refractivity contribution in [2.45, 2.75) is 31.5 Å². The van der Waals surface area contributed by atoms with Gasteiger partial charge in [-0.05, 0) is 38.6 Å². The van der Waals surface area contributed by atoms with Gasteiger partial charge in [0.15, 0.2) is 0 Å². The molecule has 1 unspecified atom stereocenters. The molecule has 25 heavy (non-hydrogen) atoms. The van der Waals surface area contributed by atoms with Gasteiger partial charge in [0.2, 0.25) is 0 Å². The summed E-state index contributed by atoms with van der Waals surface area (Å²) >= 11 is 0. The highest BCUT2D eigenvalue weighted by molar-refractivity contribution is 5.36. The Labute approximate surface area is 148 Å². The van der Waals surface area contributed by atoms with Crippen molar-refractivity contribution in [1.29, 1.82) is 0 Å². The molecular weight excluding hydrogens is 318 g/mol. The molecule has 3 rings (SSSR count). The Balaban J connectivity index is 1.70. The molecule has 7 heteroatoms. The van der Waals surface area contributed by atoms with E-state index < -0.39 is 5.54 Å². The van der Waals surface area contributed by atoms with Gasteiger partial charge < -0.3 is 15.2 Å². The van der Waals surface area contributed by atoms with E-state index in [0.717, 1.165) is 11.3 Å². The largest absolute Gasteiger partial charge is 0.394 e. The molecule has 3 atom stereocenters. The second kappa shape index (κ2) is 7.61. The molecule has 1 saturated heterocycles. The van der Waals surface area contributed by atoms with Gasteiger partial charge in [0.25, 0.3) is 0 Å². The van der Waals surface area contributed by atoms with Gasteiger partial charge in [-0.3, -0.25) is 4.90 Å². The number of ether oxygens (including phenoxy) is 1. The lowest BCUT2D eigenvalue weighted by Gasteiger charge is -2.47. The van der Waals surface area contributed by atoms with E-state index in [9.17, 15) is 5.11 Å². The molecule has 1 aromatic carbocycles. The van der Waals surface area contributed by atoms with Gasteiger partial charge in [-0.1, -0.05) is 17.3 Å². The van der Waals surface area contributed by atoms with Crippen molar-refractivity contribution in [3.05, 3.63) is 42.2 Å². The molecule has 0 saturated carbocycles. The molecule has 0 bridgehead atoms. The molecule has 0 radical (unpaired) electrons. The number of nitrogens with one attached hydrogen (secondary N) is 1. The van der Waals surface area contributed by atoms with Gasteiger partial charge >= 0.3 is 0 Å². The summed E-state index contributed by atoms with van der Waals surface area (Å²) in [5.74, 6) is 0. The quantitative estimate of drug-likeness (QED) is 0.814. The van der Waals surface area contributed by atoms with Crippen molar-refractivity contribution in [3.63, 3.8) is 0 Å². The van der Waals surface area contributed by atoms with Crippen LogP contribution in [0.1, 0.15) is 25.5 Å². The Hall–Kier alpha value is -1.80. The minimum atomic E-state index is -0.393. The summed E-state index contributed by atoms with van der Waals surface area (Å²) in [5.41, 5.74) is 1.75. The number of nitrogens with zero attached hydrogens (tertiary/aromatic N) is 4. The highest BCUT2D eigenvalue weighted by Gasteiger charge is 2.40. The van der Waals surface area contributed by atoms with Gasteiger partial charge in [0, 0.05) is 18.6 Å². The SMILES string of the molecule is CC(NC[C@]1(CO)COC[C@@H](C)N1C)c1cccc(-n2ccnn2)c1. The molecule has 2 N–H and O–H groups in total. The van der Waals surface area contributed by atoms with Crippen LogP contribution in [0.25, 0.3) is 5.69 Å². The minimum absolute atomic E-state index is 0.0621. The van der Waals surface area contributed by atoms with Crippen molar-refractivity contribution in [1.82, 2.24) is 25.2 Å². The second-order valence-electron chi connectivity index (χ2n) is 6.90. The second-order valence-corrected chi connectivity index (χ2v) is 6.90. The molecule has 7 nitrogen and oxygen atoms in total. The van der Waals surface area contributed by atoms with Crippen molar-refractivity contribution in [3.8, 4) is 5.69 Å². The molecule has 0 spiro atoms.